The molecule has 1 aromatic rings. The lowest BCUT2D eigenvalue weighted by Gasteiger charge is -2.25. The Morgan fingerprint density at radius 3 is 3.12 bits per heavy atom. The summed E-state index contributed by atoms with van der Waals surface area (Å²) >= 11 is 3.56. The largest absolute Gasteiger partial charge is 0.355 e. The molecule has 88 valence electrons. The summed E-state index contributed by atoms with van der Waals surface area (Å²) in [6.45, 7) is 5.56. The fourth-order valence-corrected chi connectivity index (χ4v) is 2.89. The van der Waals surface area contributed by atoms with E-state index in [1.807, 2.05) is 19.3 Å². The summed E-state index contributed by atoms with van der Waals surface area (Å²) in [5.74, 6) is 1.07. The predicted octanol–water partition coefficient (Wildman–Crippen LogP) is 2.28. The molecule has 2 rings (SSSR count). The summed E-state index contributed by atoms with van der Waals surface area (Å²) < 4.78 is 1.09. The quantitative estimate of drug-likeness (QED) is 0.923. The van der Waals surface area contributed by atoms with Gasteiger partial charge in [-0.05, 0) is 46.9 Å². The fraction of sp³-hybridized carbons (Fsp3) is 0.583. The monoisotopic (exact) mass is 283 g/mol. The first kappa shape index (κ1) is 11.9. The lowest BCUT2D eigenvalue weighted by atomic mass is 9.90. The van der Waals surface area contributed by atoms with Crippen LogP contribution in [0.25, 0.3) is 0 Å². The van der Waals surface area contributed by atoms with Crippen LogP contribution in [0.5, 0.6) is 0 Å². The van der Waals surface area contributed by atoms with Gasteiger partial charge in [0.05, 0.1) is 4.47 Å². The molecular formula is C12H18BrN3. The van der Waals surface area contributed by atoms with Crippen LogP contribution in [-0.2, 0) is 0 Å². The Hall–Kier alpha value is -0.610. The maximum Gasteiger partial charge on any atom is 0.142 e. The predicted molar refractivity (Wildman–Crippen MR) is 70.8 cm³/mol. The summed E-state index contributed by atoms with van der Waals surface area (Å²) in [5, 5.41) is 3.28. The van der Waals surface area contributed by atoms with Crippen molar-refractivity contribution in [3.05, 3.63) is 22.8 Å². The number of nitrogens with zero attached hydrogens (tertiary/aromatic N) is 2. The van der Waals surface area contributed by atoms with Crippen molar-refractivity contribution in [2.45, 2.75) is 13.3 Å². The molecule has 1 aromatic heterocycles. The van der Waals surface area contributed by atoms with Crippen molar-refractivity contribution in [3.63, 3.8) is 0 Å². The molecule has 1 N–H and O–H groups in total. The molecule has 0 bridgehead atoms. The number of hydrogen-bond acceptors (Lipinski definition) is 3. The minimum atomic E-state index is 0.367. The summed E-state index contributed by atoms with van der Waals surface area (Å²) in [7, 11) is 2.02. The van der Waals surface area contributed by atoms with Gasteiger partial charge >= 0.3 is 0 Å². The first-order valence-electron chi connectivity index (χ1n) is 5.65. The van der Waals surface area contributed by atoms with Crippen molar-refractivity contribution >= 4 is 21.7 Å². The topological polar surface area (TPSA) is 28.2 Å². The zero-order chi connectivity index (χ0) is 11.6. The molecule has 16 heavy (non-hydrogen) atoms. The van der Waals surface area contributed by atoms with Gasteiger partial charge in [0.2, 0.25) is 0 Å². The zero-order valence-corrected chi connectivity index (χ0v) is 11.4. The lowest BCUT2D eigenvalue weighted by Crippen LogP contribution is -2.33. The molecule has 1 aliphatic heterocycles. The van der Waals surface area contributed by atoms with Crippen LogP contribution in [0, 0.1) is 5.41 Å². The van der Waals surface area contributed by atoms with Crippen LogP contribution in [0.2, 0.25) is 0 Å². The molecular weight excluding hydrogens is 266 g/mol. The normalized spacial score (nSPS) is 25.1. The number of halogens is 1. The Labute approximate surface area is 105 Å². The van der Waals surface area contributed by atoms with Crippen molar-refractivity contribution in [1.82, 2.24) is 10.3 Å². The Morgan fingerprint density at radius 2 is 2.44 bits per heavy atom. The summed E-state index contributed by atoms with van der Waals surface area (Å²) in [6.07, 6.45) is 3.07. The zero-order valence-electron chi connectivity index (χ0n) is 9.83. The van der Waals surface area contributed by atoms with Gasteiger partial charge in [-0.1, -0.05) is 6.92 Å². The van der Waals surface area contributed by atoms with E-state index in [9.17, 15) is 0 Å². The van der Waals surface area contributed by atoms with Crippen LogP contribution >= 0.6 is 15.9 Å². The van der Waals surface area contributed by atoms with Crippen LogP contribution in [0.4, 0.5) is 5.82 Å². The molecule has 1 saturated heterocycles. The molecule has 1 unspecified atom stereocenters. The van der Waals surface area contributed by atoms with Crippen molar-refractivity contribution in [2.75, 3.05) is 31.6 Å². The van der Waals surface area contributed by atoms with E-state index in [0.29, 0.717) is 5.41 Å². The molecule has 0 aliphatic carbocycles. The minimum Gasteiger partial charge on any atom is -0.355 e. The highest BCUT2D eigenvalue weighted by Gasteiger charge is 2.34. The minimum absolute atomic E-state index is 0.367. The van der Waals surface area contributed by atoms with Gasteiger partial charge in [-0.15, -0.1) is 0 Å². The smallest absolute Gasteiger partial charge is 0.142 e. The van der Waals surface area contributed by atoms with Crippen LogP contribution in [0.3, 0.4) is 0 Å². The molecule has 0 spiro atoms. The van der Waals surface area contributed by atoms with Crippen molar-refractivity contribution in [1.29, 1.82) is 0 Å². The number of pyridine rings is 1. The lowest BCUT2D eigenvalue weighted by molar-refractivity contribution is 0.355. The highest BCUT2D eigenvalue weighted by molar-refractivity contribution is 9.10. The van der Waals surface area contributed by atoms with E-state index in [0.717, 1.165) is 29.9 Å². The van der Waals surface area contributed by atoms with Gasteiger partial charge in [-0.3, -0.25) is 0 Å². The number of rotatable bonds is 3. The molecule has 0 radical (unpaired) electrons. The highest BCUT2D eigenvalue weighted by atomic mass is 79.9. The maximum absolute atomic E-state index is 4.44. The molecule has 3 nitrogen and oxygen atoms in total. The van der Waals surface area contributed by atoms with E-state index in [2.05, 4.69) is 44.1 Å². The van der Waals surface area contributed by atoms with Crippen LogP contribution < -0.4 is 10.2 Å². The number of nitrogens with one attached hydrogen (secondary N) is 1. The van der Waals surface area contributed by atoms with Gasteiger partial charge in [0.15, 0.2) is 0 Å². The third-order valence-electron chi connectivity index (χ3n) is 3.20. The van der Waals surface area contributed by atoms with Crippen molar-refractivity contribution in [3.8, 4) is 0 Å². The molecule has 1 atom stereocenters. The average molecular weight is 284 g/mol. The molecule has 2 heterocycles. The van der Waals surface area contributed by atoms with Gasteiger partial charge in [-0.25, -0.2) is 4.98 Å². The summed E-state index contributed by atoms with van der Waals surface area (Å²) in [5.41, 5.74) is 0.367. The Morgan fingerprint density at radius 1 is 1.62 bits per heavy atom. The van der Waals surface area contributed by atoms with E-state index < -0.39 is 0 Å². The molecule has 1 fully saturated rings. The second kappa shape index (κ2) is 4.72. The van der Waals surface area contributed by atoms with Crippen LogP contribution in [0.1, 0.15) is 13.3 Å². The first-order chi connectivity index (χ1) is 7.64. The number of anilines is 1. The first-order valence-corrected chi connectivity index (χ1v) is 6.44. The Kier molecular flexibility index (Phi) is 3.50. The van der Waals surface area contributed by atoms with Gasteiger partial charge in [-0.2, -0.15) is 0 Å². The van der Waals surface area contributed by atoms with Gasteiger partial charge in [0, 0.05) is 25.8 Å². The van der Waals surface area contributed by atoms with E-state index >= 15 is 0 Å². The van der Waals surface area contributed by atoms with Crippen molar-refractivity contribution in [2.24, 2.45) is 5.41 Å². The van der Waals surface area contributed by atoms with Crippen LogP contribution in [-0.4, -0.2) is 31.7 Å². The van der Waals surface area contributed by atoms with Crippen molar-refractivity contribution < 1.29 is 0 Å². The Balaban J connectivity index is 2.12. The summed E-state index contributed by atoms with van der Waals surface area (Å²) in [6, 6.07) is 4.01. The van der Waals surface area contributed by atoms with Gasteiger partial charge < -0.3 is 10.2 Å². The number of aromatic nitrogens is 1. The average Bonchev–Trinajstić information content (AvgIpc) is 2.62. The third kappa shape index (κ3) is 2.38. The standard InChI is InChI=1S/C12H18BrN3/c1-12(8-14-2)5-7-16(9-12)11-10(13)4-3-6-15-11/h3-4,6,14H,5,7-9H2,1-2H3. The van der Waals surface area contributed by atoms with E-state index in [1.54, 1.807) is 0 Å². The molecule has 0 aromatic carbocycles. The highest BCUT2D eigenvalue weighted by Crippen LogP contribution is 2.34. The summed E-state index contributed by atoms with van der Waals surface area (Å²) in [4.78, 5) is 6.81. The maximum atomic E-state index is 4.44. The molecule has 0 saturated carbocycles. The molecule has 4 heteroatoms. The molecule has 1 aliphatic rings. The van der Waals surface area contributed by atoms with E-state index in [-0.39, 0.29) is 0 Å². The fourth-order valence-electron chi connectivity index (χ4n) is 2.39. The second-order valence-corrected chi connectivity index (χ2v) is 5.68. The number of hydrogen-bond donors (Lipinski definition) is 1. The van der Waals surface area contributed by atoms with E-state index in [4.69, 9.17) is 0 Å². The van der Waals surface area contributed by atoms with Gasteiger partial charge in [0.1, 0.15) is 5.82 Å². The second-order valence-electron chi connectivity index (χ2n) is 4.82. The molecule has 0 amide bonds. The third-order valence-corrected chi connectivity index (χ3v) is 3.82. The SMILES string of the molecule is CNCC1(C)CCN(c2ncccc2Br)C1. The van der Waals surface area contributed by atoms with Gasteiger partial charge in [0.25, 0.3) is 0 Å². The van der Waals surface area contributed by atoms with E-state index in [1.165, 1.54) is 6.42 Å². The Bertz CT molecular complexity index is 369. The van der Waals surface area contributed by atoms with Crippen LogP contribution in [0.15, 0.2) is 22.8 Å².